The summed E-state index contributed by atoms with van der Waals surface area (Å²) in [5.74, 6) is -0.312. The van der Waals surface area contributed by atoms with Gasteiger partial charge in [-0.2, -0.15) is 0 Å². The van der Waals surface area contributed by atoms with Crippen molar-refractivity contribution in [2.24, 2.45) is 0 Å². The highest BCUT2D eigenvalue weighted by molar-refractivity contribution is 8.00. The molecule has 0 aliphatic heterocycles. The Morgan fingerprint density at radius 2 is 1.56 bits per heavy atom. The molecule has 2 amide bonds. The predicted octanol–water partition coefficient (Wildman–Crippen LogP) is 3.21. The highest BCUT2D eigenvalue weighted by atomic mass is 32.2. The van der Waals surface area contributed by atoms with Gasteiger partial charge in [0.15, 0.2) is 0 Å². The van der Waals surface area contributed by atoms with Gasteiger partial charge in [-0.25, -0.2) is 0 Å². The number of benzene rings is 2. The molecule has 2 aromatic rings. The number of non-ortho nitro benzene ring substituents is 1. The lowest BCUT2D eigenvalue weighted by Gasteiger charge is -2.07. The van der Waals surface area contributed by atoms with Crippen molar-refractivity contribution >= 4 is 40.6 Å². The molecule has 0 saturated carbocycles. The molecule has 0 bridgehead atoms. The first-order chi connectivity index (χ1) is 11.9. The minimum atomic E-state index is -0.528. The lowest BCUT2D eigenvalue weighted by atomic mass is 10.2. The monoisotopic (exact) mass is 359 g/mol. The summed E-state index contributed by atoms with van der Waals surface area (Å²) < 4.78 is 0. The van der Waals surface area contributed by atoms with E-state index in [1.165, 1.54) is 18.2 Å². The summed E-state index contributed by atoms with van der Waals surface area (Å²) in [6.07, 6.45) is 0. The fraction of sp³-hybridized carbons (Fsp3) is 0.176. The number of carbonyl (C=O) groups excluding carboxylic acids is 2. The van der Waals surface area contributed by atoms with Crippen molar-refractivity contribution in [3.8, 4) is 0 Å². The normalized spacial score (nSPS) is 10.1. The number of anilines is 2. The average molecular weight is 359 g/mol. The summed E-state index contributed by atoms with van der Waals surface area (Å²) in [7, 11) is 0. The van der Waals surface area contributed by atoms with Crippen LogP contribution in [0.4, 0.5) is 17.1 Å². The average Bonchev–Trinajstić information content (AvgIpc) is 2.55. The van der Waals surface area contributed by atoms with E-state index in [4.69, 9.17) is 0 Å². The molecule has 0 saturated heterocycles. The highest BCUT2D eigenvalue weighted by Crippen LogP contribution is 2.17. The van der Waals surface area contributed by atoms with E-state index in [-0.39, 0.29) is 29.0 Å². The van der Waals surface area contributed by atoms with Gasteiger partial charge in [0, 0.05) is 23.5 Å². The van der Waals surface area contributed by atoms with Gasteiger partial charge >= 0.3 is 0 Å². The Labute approximate surface area is 149 Å². The van der Waals surface area contributed by atoms with Crippen molar-refractivity contribution in [2.75, 3.05) is 22.1 Å². The number of thioether (sulfide) groups is 1. The molecule has 25 heavy (non-hydrogen) atoms. The van der Waals surface area contributed by atoms with Crippen LogP contribution in [0.5, 0.6) is 0 Å². The number of nitrogens with zero attached hydrogens (tertiary/aromatic N) is 1. The molecule has 0 aliphatic carbocycles. The summed E-state index contributed by atoms with van der Waals surface area (Å²) >= 11 is 1.16. The Balaban J connectivity index is 1.75. The Kier molecular flexibility index (Phi) is 6.53. The lowest BCUT2D eigenvalue weighted by Crippen LogP contribution is -2.18. The molecule has 0 atom stereocenters. The number of nitro groups is 1. The standard InChI is InChI=1S/C17H17N3O4S/c1-12-4-2-5-13(8-12)18-16(21)10-25-11-17(22)19-14-6-3-7-15(9-14)20(23)24/h2-9H,10-11H2,1H3,(H,18,21)(H,19,22). The molecule has 0 fully saturated rings. The molecule has 0 heterocycles. The van der Waals surface area contributed by atoms with Gasteiger partial charge < -0.3 is 10.6 Å². The van der Waals surface area contributed by atoms with E-state index in [2.05, 4.69) is 10.6 Å². The third-order valence-electron chi connectivity index (χ3n) is 3.11. The highest BCUT2D eigenvalue weighted by Gasteiger charge is 2.09. The number of rotatable bonds is 7. The van der Waals surface area contributed by atoms with Crippen molar-refractivity contribution in [3.05, 3.63) is 64.2 Å². The van der Waals surface area contributed by atoms with Gasteiger partial charge in [0.25, 0.3) is 5.69 Å². The molecule has 2 N–H and O–H groups in total. The smallest absolute Gasteiger partial charge is 0.271 e. The molecule has 2 aromatic carbocycles. The first-order valence-electron chi connectivity index (χ1n) is 7.42. The Morgan fingerprint density at radius 1 is 1.00 bits per heavy atom. The van der Waals surface area contributed by atoms with Crippen molar-refractivity contribution in [1.82, 2.24) is 0 Å². The molecule has 0 spiro atoms. The van der Waals surface area contributed by atoms with Crippen LogP contribution in [0, 0.1) is 17.0 Å². The van der Waals surface area contributed by atoms with E-state index in [0.29, 0.717) is 11.4 Å². The Bertz CT molecular complexity index is 795. The topological polar surface area (TPSA) is 101 Å². The zero-order valence-corrected chi connectivity index (χ0v) is 14.3. The number of nitro benzene ring substituents is 1. The number of hydrogen-bond donors (Lipinski definition) is 2. The van der Waals surface area contributed by atoms with E-state index < -0.39 is 4.92 Å². The molecule has 7 nitrogen and oxygen atoms in total. The third-order valence-corrected chi connectivity index (χ3v) is 4.04. The van der Waals surface area contributed by atoms with Crippen LogP contribution in [0.3, 0.4) is 0 Å². The molecule has 130 valence electrons. The van der Waals surface area contributed by atoms with E-state index in [0.717, 1.165) is 17.3 Å². The fourth-order valence-electron chi connectivity index (χ4n) is 2.05. The molecular weight excluding hydrogens is 342 g/mol. The maximum atomic E-state index is 11.8. The van der Waals surface area contributed by atoms with Crippen LogP contribution in [0.1, 0.15) is 5.56 Å². The van der Waals surface area contributed by atoms with Crippen molar-refractivity contribution in [3.63, 3.8) is 0 Å². The van der Waals surface area contributed by atoms with Gasteiger partial charge in [-0.3, -0.25) is 19.7 Å². The molecule has 8 heteroatoms. The number of nitrogens with one attached hydrogen (secondary N) is 2. The number of carbonyl (C=O) groups is 2. The molecule has 0 unspecified atom stereocenters. The summed E-state index contributed by atoms with van der Waals surface area (Å²) in [5, 5.41) is 16.0. The van der Waals surface area contributed by atoms with Crippen LogP contribution in [0.15, 0.2) is 48.5 Å². The van der Waals surface area contributed by atoms with Crippen LogP contribution in [-0.4, -0.2) is 28.2 Å². The van der Waals surface area contributed by atoms with Crippen molar-refractivity contribution in [1.29, 1.82) is 0 Å². The summed E-state index contributed by atoms with van der Waals surface area (Å²) in [5.41, 5.74) is 2.01. The second-order valence-corrected chi connectivity index (χ2v) is 6.25. The van der Waals surface area contributed by atoms with Crippen LogP contribution in [0.25, 0.3) is 0 Å². The van der Waals surface area contributed by atoms with Crippen LogP contribution >= 0.6 is 11.8 Å². The number of hydrogen-bond acceptors (Lipinski definition) is 5. The Morgan fingerprint density at radius 3 is 2.12 bits per heavy atom. The zero-order valence-electron chi connectivity index (χ0n) is 13.5. The predicted molar refractivity (Wildman–Crippen MR) is 98.9 cm³/mol. The minimum absolute atomic E-state index is 0.0733. The molecule has 0 radical (unpaired) electrons. The second kappa shape index (κ2) is 8.84. The summed E-state index contributed by atoms with van der Waals surface area (Å²) in [6.45, 7) is 1.93. The van der Waals surface area contributed by atoms with Gasteiger partial charge in [-0.15, -0.1) is 11.8 Å². The van der Waals surface area contributed by atoms with E-state index in [9.17, 15) is 19.7 Å². The quantitative estimate of drug-likeness (QED) is 0.584. The molecular formula is C17H17N3O4S. The van der Waals surface area contributed by atoms with Gasteiger partial charge in [0.05, 0.1) is 16.4 Å². The van der Waals surface area contributed by atoms with Gasteiger partial charge in [0.2, 0.25) is 11.8 Å². The summed E-state index contributed by atoms with van der Waals surface area (Å²) in [4.78, 5) is 33.9. The zero-order chi connectivity index (χ0) is 18.2. The van der Waals surface area contributed by atoms with Gasteiger partial charge in [-0.05, 0) is 30.7 Å². The SMILES string of the molecule is Cc1cccc(NC(=O)CSCC(=O)Nc2cccc([N+](=O)[O-])c2)c1. The van der Waals surface area contributed by atoms with E-state index >= 15 is 0 Å². The maximum absolute atomic E-state index is 11.8. The molecule has 0 aromatic heterocycles. The first kappa shape index (κ1) is 18.5. The van der Waals surface area contributed by atoms with Gasteiger partial charge in [0.1, 0.15) is 0 Å². The summed E-state index contributed by atoms with van der Waals surface area (Å²) in [6, 6.07) is 13.1. The van der Waals surface area contributed by atoms with E-state index in [1.54, 1.807) is 12.1 Å². The van der Waals surface area contributed by atoms with Crippen LogP contribution in [0.2, 0.25) is 0 Å². The van der Waals surface area contributed by atoms with Crippen molar-refractivity contribution in [2.45, 2.75) is 6.92 Å². The fourth-order valence-corrected chi connectivity index (χ4v) is 2.67. The molecule has 0 aliphatic rings. The largest absolute Gasteiger partial charge is 0.325 e. The van der Waals surface area contributed by atoms with Crippen LogP contribution in [-0.2, 0) is 9.59 Å². The third kappa shape index (κ3) is 6.27. The lowest BCUT2D eigenvalue weighted by molar-refractivity contribution is -0.384. The number of aryl methyl sites for hydroxylation is 1. The van der Waals surface area contributed by atoms with Crippen molar-refractivity contribution < 1.29 is 14.5 Å². The molecule has 2 rings (SSSR count). The van der Waals surface area contributed by atoms with Gasteiger partial charge in [-0.1, -0.05) is 18.2 Å². The minimum Gasteiger partial charge on any atom is -0.325 e. The first-order valence-corrected chi connectivity index (χ1v) is 8.58. The second-order valence-electron chi connectivity index (χ2n) is 5.27. The van der Waals surface area contributed by atoms with Crippen LogP contribution < -0.4 is 10.6 Å². The van der Waals surface area contributed by atoms with E-state index in [1.807, 2.05) is 25.1 Å². The Hall–Kier alpha value is -2.87. The number of amides is 2. The maximum Gasteiger partial charge on any atom is 0.271 e.